The van der Waals surface area contributed by atoms with Crippen LogP contribution in [0.1, 0.15) is 40.0 Å². The molecule has 16 heavy (non-hydrogen) atoms. The Bertz CT molecular complexity index is 289. The lowest BCUT2D eigenvalue weighted by molar-refractivity contribution is -0.138. The van der Waals surface area contributed by atoms with Crippen LogP contribution in [0.4, 0.5) is 4.79 Å². The molecule has 1 aliphatic carbocycles. The van der Waals surface area contributed by atoms with E-state index in [1.807, 2.05) is 0 Å². The summed E-state index contributed by atoms with van der Waals surface area (Å²) in [6.07, 6.45) is 3.00. The lowest BCUT2D eigenvalue weighted by atomic mass is 9.92. The van der Waals surface area contributed by atoms with Crippen LogP contribution in [0.2, 0.25) is 0 Å². The van der Waals surface area contributed by atoms with Crippen molar-refractivity contribution in [2.24, 2.45) is 5.41 Å². The van der Waals surface area contributed by atoms with E-state index < -0.39 is 18.0 Å². The first-order valence-corrected chi connectivity index (χ1v) is 5.60. The Morgan fingerprint density at radius 1 is 1.44 bits per heavy atom. The quantitative estimate of drug-likeness (QED) is 0.682. The molecule has 0 aliphatic heterocycles. The van der Waals surface area contributed by atoms with Crippen LogP contribution in [0.25, 0.3) is 0 Å². The van der Waals surface area contributed by atoms with E-state index in [-0.39, 0.29) is 11.5 Å². The molecule has 1 unspecified atom stereocenters. The van der Waals surface area contributed by atoms with Crippen LogP contribution in [-0.4, -0.2) is 29.2 Å². The second-order valence-corrected chi connectivity index (χ2v) is 5.28. The molecule has 1 rings (SSSR count). The first-order chi connectivity index (χ1) is 7.30. The number of hydrogen-bond acceptors (Lipinski definition) is 2. The van der Waals surface area contributed by atoms with Crippen LogP contribution < -0.4 is 10.6 Å². The van der Waals surface area contributed by atoms with Crippen LogP contribution in [0, 0.1) is 5.41 Å². The maximum Gasteiger partial charge on any atom is 0.325 e. The second kappa shape index (κ2) is 4.72. The van der Waals surface area contributed by atoms with Crippen LogP contribution in [0.5, 0.6) is 0 Å². The number of carboxylic acid groups (broad SMARTS) is 1. The fourth-order valence-corrected chi connectivity index (χ4v) is 2.04. The smallest absolute Gasteiger partial charge is 0.325 e. The zero-order chi connectivity index (χ0) is 12.3. The summed E-state index contributed by atoms with van der Waals surface area (Å²) in [5.74, 6) is -1.03. The van der Waals surface area contributed by atoms with Crippen molar-refractivity contribution in [2.45, 2.75) is 52.1 Å². The standard InChI is InChI=1S/C11H20N2O3/c1-7(9(14)15)12-10(16)13-8-4-5-11(2,3)6-8/h7-8H,4-6H2,1-3H3,(H,14,15)(H2,12,13,16)/t7-,8?/m1/s1. The average molecular weight is 228 g/mol. The largest absolute Gasteiger partial charge is 0.480 e. The van der Waals surface area contributed by atoms with E-state index in [2.05, 4.69) is 24.5 Å². The molecule has 0 aromatic rings. The third-order valence-electron chi connectivity index (χ3n) is 3.02. The lowest BCUT2D eigenvalue weighted by Crippen LogP contribution is -2.47. The summed E-state index contributed by atoms with van der Waals surface area (Å²) < 4.78 is 0. The SMILES string of the molecule is C[C@@H](NC(=O)NC1CCC(C)(C)C1)C(=O)O. The van der Waals surface area contributed by atoms with Gasteiger partial charge in [0.15, 0.2) is 0 Å². The molecule has 0 aromatic carbocycles. The fourth-order valence-electron chi connectivity index (χ4n) is 2.04. The van der Waals surface area contributed by atoms with Gasteiger partial charge in [-0.1, -0.05) is 13.8 Å². The second-order valence-electron chi connectivity index (χ2n) is 5.28. The van der Waals surface area contributed by atoms with Crippen molar-refractivity contribution in [2.75, 3.05) is 0 Å². The normalized spacial score (nSPS) is 24.8. The topological polar surface area (TPSA) is 78.4 Å². The van der Waals surface area contributed by atoms with Gasteiger partial charge in [-0.05, 0) is 31.6 Å². The highest BCUT2D eigenvalue weighted by molar-refractivity contribution is 5.82. The number of rotatable bonds is 3. The van der Waals surface area contributed by atoms with Gasteiger partial charge >= 0.3 is 12.0 Å². The third kappa shape index (κ3) is 3.72. The van der Waals surface area contributed by atoms with Gasteiger partial charge in [0.2, 0.25) is 0 Å². The van der Waals surface area contributed by atoms with Crippen LogP contribution in [0.3, 0.4) is 0 Å². The van der Waals surface area contributed by atoms with Crippen molar-refractivity contribution in [3.63, 3.8) is 0 Å². The predicted octanol–water partition coefficient (Wildman–Crippen LogP) is 1.34. The van der Waals surface area contributed by atoms with E-state index in [9.17, 15) is 9.59 Å². The van der Waals surface area contributed by atoms with E-state index in [0.717, 1.165) is 19.3 Å². The lowest BCUT2D eigenvalue weighted by Gasteiger charge is -2.18. The molecule has 0 saturated heterocycles. The minimum Gasteiger partial charge on any atom is -0.480 e. The zero-order valence-electron chi connectivity index (χ0n) is 10.0. The van der Waals surface area contributed by atoms with Gasteiger partial charge in [0, 0.05) is 6.04 Å². The van der Waals surface area contributed by atoms with Crippen molar-refractivity contribution in [3.05, 3.63) is 0 Å². The number of carbonyl (C=O) groups excluding carboxylic acids is 1. The van der Waals surface area contributed by atoms with Gasteiger partial charge in [0.05, 0.1) is 0 Å². The Morgan fingerprint density at radius 2 is 2.06 bits per heavy atom. The van der Waals surface area contributed by atoms with E-state index in [4.69, 9.17) is 5.11 Å². The third-order valence-corrected chi connectivity index (χ3v) is 3.02. The maximum atomic E-state index is 11.4. The molecule has 2 atom stereocenters. The van der Waals surface area contributed by atoms with Crippen LogP contribution in [-0.2, 0) is 4.79 Å². The molecule has 0 heterocycles. The molecule has 3 N–H and O–H groups in total. The van der Waals surface area contributed by atoms with Crippen molar-refractivity contribution >= 4 is 12.0 Å². The molecule has 0 bridgehead atoms. The summed E-state index contributed by atoms with van der Waals surface area (Å²) in [6, 6.07) is -1.08. The Labute approximate surface area is 95.6 Å². The Kier molecular flexibility index (Phi) is 3.78. The first-order valence-electron chi connectivity index (χ1n) is 5.60. The number of amides is 2. The number of hydrogen-bond donors (Lipinski definition) is 3. The molecule has 0 aromatic heterocycles. The first kappa shape index (κ1) is 12.8. The monoisotopic (exact) mass is 228 g/mol. The fraction of sp³-hybridized carbons (Fsp3) is 0.818. The van der Waals surface area contributed by atoms with Gasteiger partial charge in [-0.15, -0.1) is 0 Å². The summed E-state index contributed by atoms with van der Waals surface area (Å²) in [6.45, 7) is 5.79. The van der Waals surface area contributed by atoms with Crippen LogP contribution in [0.15, 0.2) is 0 Å². The Balaban J connectivity index is 2.33. The summed E-state index contributed by atoms with van der Waals surface area (Å²) in [4.78, 5) is 22.0. The molecular weight excluding hydrogens is 208 g/mol. The number of urea groups is 1. The van der Waals surface area contributed by atoms with Gasteiger partial charge in [-0.3, -0.25) is 4.79 Å². The summed E-state index contributed by atoms with van der Waals surface area (Å²) in [5, 5.41) is 13.8. The van der Waals surface area contributed by atoms with Gasteiger partial charge in [0.1, 0.15) is 6.04 Å². The number of aliphatic carboxylic acids is 1. The van der Waals surface area contributed by atoms with E-state index >= 15 is 0 Å². The highest BCUT2D eigenvalue weighted by Crippen LogP contribution is 2.36. The molecule has 1 saturated carbocycles. The van der Waals surface area contributed by atoms with E-state index in [1.165, 1.54) is 6.92 Å². The minimum atomic E-state index is -1.03. The van der Waals surface area contributed by atoms with Gasteiger partial charge in [0.25, 0.3) is 0 Å². The van der Waals surface area contributed by atoms with E-state index in [1.54, 1.807) is 0 Å². The van der Waals surface area contributed by atoms with Gasteiger partial charge in [-0.25, -0.2) is 4.79 Å². The Hall–Kier alpha value is -1.26. The summed E-state index contributed by atoms with van der Waals surface area (Å²) in [7, 11) is 0. The summed E-state index contributed by atoms with van der Waals surface area (Å²) in [5.41, 5.74) is 0.274. The van der Waals surface area contributed by atoms with Crippen molar-refractivity contribution in [1.82, 2.24) is 10.6 Å². The Morgan fingerprint density at radius 3 is 2.50 bits per heavy atom. The van der Waals surface area contributed by atoms with Crippen molar-refractivity contribution in [1.29, 1.82) is 0 Å². The van der Waals surface area contributed by atoms with Crippen molar-refractivity contribution in [3.8, 4) is 0 Å². The highest BCUT2D eigenvalue weighted by Gasteiger charge is 2.31. The zero-order valence-corrected chi connectivity index (χ0v) is 10.0. The predicted molar refractivity (Wildman–Crippen MR) is 60.2 cm³/mol. The van der Waals surface area contributed by atoms with Crippen LogP contribution >= 0.6 is 0 Å². The number of carbonyl (C=O) groups is 2. The minimum absolute atomic E-state index is 0.163. The summed E-state index contributed by atoms with van der Waals surface area (Å²) >= 11 is 0. The molecule has 1 fully saturated rings. The van der Waals surface area contributed by atoms with Gasteiger partial charge in [-0.2, -0.15) is 0 Å². The molecule has 2 amide bonds. The average Bonchev–Trinajstić information content (AvgIpc) is 2.44. The van der Waals surface area contributed by atoms with Gasteiger partial charge < -0.3 is 15.7 Å². The number of carboxylic acids is 1. The molecule has 0 radical (unpaired) electrons. The molecule has 5 nitrogen and oxygen atoms in total. The number of nitrogens with one attached hydrogen (secondary N) is 2. The molecule has 5 heteroatoms. The highest BCUT2D eigenvalue weighted by atomic mass is 16.4. The van der Waals surface area contributed by atoms with E-state index in [0.29, 0.717) is 0 Å². The maximum absolute atomic E-state index is 11.4. The molecular formula is C11H20N2O3. The molecule has 0 spiro atoms. The molecule has 92 valence electrons. The van der Waals surface area contributed by atoms with Crippen molar-refractivity contribution < 1.29 is 14.7 Å². The molecule has 1 aliphatic rings.